The fourth-order valence-corrected chi connectivity index (χ4v) is 2.13. The van der Waals surface area contributed by atoms with Crippen LogP contribution in [0.3, 0.4) is 0 Å². The SMILES string of the molecule is CCc1nc(NN)cc(Sc2nccn2C)n1. The standard InChI is InChI=1S/C10H14N6S/c1-3-7-13-8(15-11)6-9(14-7)17-10-12-4-5-16(10)2/h4-6H,3,11H2,1-2H3,(H,13,14,15). The summed E-state index contributed by atoms with van der Waals surface area (Å²) in [5.74, 6) is 6.76. The average molecular weight is 250 g/mol. The van der Waals surface area contributed by atoms with E-state index < -0.39 is 0 Å². The van der Waals surface area contributed by atoms with Crippen LogP contribution in [0.25, 0.3) is 0 Å². The van der Waals surface area contributed by atoms with Crippen molar-refractivity contribution in [2.24, 2.45) is 12.9 Å². The van der Waals surface area contributed by atoms with Crippen molar-refractivity contribution in [3.05, 3.63) is 24.3 Å². The Balaban J connectivity index is 2.29. The summed E-state index contributed by atoms with van der Waals surface area (Å²) >= 11 is 1.49. The van der Waals surface area contributed by atoms with E-state index in [0.29, 0.717) is 5.82 Å². The highest BCUT2D eigenvalue weighted by Crippen LogP contribution is 2.25. The van der Waals surface area contributed by atoms with Gasteiger partial charge in [0.2, 0.25) is 0 Å². The third-order valence-electron chi connectivity index (χ3n) is 2.19. The van der Waals surface area contributed by atoms with Gasteiger partial charge in [0.05, 0.1) is 0 Å². The number of imidazole rings is 1. The molecule has 0 saturated heterocycles. The van der Waals surface area contributed by atoms with Gasteiger partial charge in [0.1, 0.15) is 16.7 Å². The van der Waals surface area contributed by atoms with Gasteiger partial charge < -0.3 is 9.99 Å². The normalized spacial score (nSPS) is 10.5. The second kappa shape index (κ2) is 5.15. The number of aryl methyl sites for hydroxylation is 2. The predicted molar refractivity (Wildman–Crippen MR) is 66.6 cm³/mol. The van der Waals surface area contributed by atoms with Crippen LogP contribution in [-0.4, -0.2) is 19.5 Å². The van der Waals surface area contributed by atoms with Crippen LogP contribution < -0.4 is 11.3 Å². The molecule has 2 aromatic rings. The van der Waals surface area contributed by atoms with E-state index in [0.717, 1.165) is 22.4 Å². The Morgan fingerprint density at radius 1 is 1.47 bits per heavy atom. The Bertz CT molecular complexity index is 487. The monoisotopic (exact) mass is 250 g/mol. The van der Waals surface area contributed by atoms with Gasteiger partial charge >= 0.3 is 0 Å². The summed E-state index contributed by atoms with van der Waals surface area (Å²) in [5, 5.41) is 1.72. The summed E-state index contributed by atoms with van der Waals surface area (Å²) < 4.78 is 1.94. The first-order valence-electron chi connectivity index (χ1n) is 5.22. The van der Waals surface area contributed by atoms with Gasteiger partial charge in [0, 0.05) is 31.9 Å². The highest BCUT2D eigenvalue weighted by Gasteiger charge is 2.07. The lowest BCUT2D eigenvalue weighted by Crippen LogP contribution is -2.10. The van der Waals surface area contributed by atoms with Gasteiger partial charge in [-0.05, 0) is 11.8 Å². The number of nitrogens with zero attached hydrogens (tertiary/aromatic N) is 4. The van der Waals surface area contributed by atoms with Crippen molar-refractivity contribution in [2.45, 2.75) is 23.5 Å². The molecule has 2 heterocycles. The molecule has 90 valence electrons. The third kappa shape index (κ3) is 2.75. The minimum atomic E-state index is 0.619. The van der Waals surface area contributed by atoms with E-state index in [1.807, 2.05) is 24.7 Å². The zero-order valence-electron chi connectivity index (χ0n) is 9.71. The first kappa shape index (κ1) is 11.9. The zero-order chi connectivity index (χ0) is 12.3. The second-order valence-corrected chi connectivity index (χ2v) is 4.42. The Hall–Kier alpha value is -1.60. The summed E-state index contributed by atoms with van der Waals surface area (Å²) in [6.45, 7) is 2.00. The largest absolute Gasteiger partial charge is 0.329 e. The summed E-state index contributed by atoms with van der Waals surface area (Å²) in [6.07, 6.45) is 4.42. The number of anilines is 1. The Labute approximate surface area is 104 Å². The molecule has 0 unspecified atom stereocenters. The van der Waals surface area contributed by atoms with E-state index in [2.05, 4.69) is 20.4 Å². The molecule has 2 aromatic heterocycles. The van der Waals surface area contributed by atoms with E-state index >= 15 is 0 Å². The number of hydrogen-bond donors (Lipinski definition) is 2. The average Bonchev–Trinajstić information content (AvgIpc) is 2.74. The summed E-state index contributed by atoms with van der Waals surface area (Å²) in [4.78, 5) is 12.9. The first-order valence-corrected chi connectivity index (χ1v) is 6.04. The second-order valence-electron chi connectivity index (χ2n) is 3.43. The maximum Gasteiger partial charge on any atom is 0.174 e. The topological polar surface area (TPSA) is 81.6 Å². The predicted octanol–water partition coefficient (Wildman–Crippen LogP) is 1.21. The molecule has 2 rings (SSSR count). The van der Waals surface area contributed by atoms with Crippen LogP contribution in [0.2, 0.25) is 0 Å². The minimum Gasteiger partial charge on any atom is -0.329 e. The Morgan fingerprint density at radius 3 is 2.88 bits per heavy atom. The molecule has 0 aliphatic rings. The van der Waals surface area contributed by atoms with Gasteiger partial charge in [-0.1, -0.05) is 6.92 Å². The molecule has 0 aliphatic heterocycles. The number of aromatic nitrogens is 4. The third-order valence-corrected chi connectivity index (χ3v) is 3.18. The number of nitrogens with one attached hydrogen (secondary N) is 1. The van der Waals surface area contributed by atoms with E-state index in [-0.39, 0.29) is 0 Å². The summed E-state index contributed by atoms with van der Waals surface area (Å²) in [6, 6.07) is 1.80. The quantitative estimate of drug-likeness (QED) is 0.482. The van der Waals surface area contributed by atoms with Crippen molar-refractivity contribution in [3.63, 3.8) is 0 Å². The van der Waals surface area contributed by atoms with Gasteiger partial charge in [-0.3, -0.25) is 0 Å². The highest BCUT2D eigenvalue weighted by molar-refractivity contribution is 7.99. The van der Waals surface area contributed by atoms with E-state index in [1.54, 1.807) is 12.3 Å². The van der Waals surface area contributed by atoms with Crippen molar-refractivity contribution >= 4 is 17.6 Å². The number of hydrazine groups is 1. The van der Waals surface area contributed by atoms with Gasteiger partial charge in [-0.25, -0.2) is 20.8 Å². The minimum absolute atomic E-state index is 0.619. The van der Waals surface area contributed by atoms with Gasteiger partial charge in [0.15, 0.2) is 5.16 Å². The molecular weight excluding hydrogens is 236 g/mol. The van der Waals surface area contributed by atoms with E-state index in [1.165, 1.54) is 11.8 Å². The molecule has 0 amide bonds. The zero-order valence-corrected chi connectivity index (χ0v) is 10.5. The van der Waals surface area contributed by atoms with Crippen LogP contribution in [0.5, 0.6) is 0 Å². The molecule has 0 aromatic carbocycles. The lowest BCUT2D eigenvalue weighted by molar-refractivity contribution is 0.786. The van der Waals surface area contributed by atoms with Gasteiger partial charge in [-0.2, -0.15) is 0 Å². The maximum atomic E-state index is 5.38. The number of nitrogens with two attached hydrogens (primary N) is 1. The molecule has 3 N–H and O–H groups in total. The smallest absolute Gasteiger partial charge is 0.174 e. The van der Waals surface area contributed by atoms with Gasteiger partial charge in [-0.15, -0.1) is 0 Å². The van der Waals surface area contributed by atoms with Crippen molar-refractivity contribution in [1.29, 1.82) is 0 Å². The Morgan fingerprint density at radius 2 is 2.29 bits per heavy atom. The van der Waals surface area contributed by atoms with Crippen molar-refractivity contribution in [2.75, 3.05) is 5.43 Å². The highest BCUT2D eigenvalue weighted by atomic mass is 32.2. The van der Waals surface area contributed by atoms with Crippen LogP contribution in [0.15, 0.2) is 28.6 Å². The van der Waals surface area contributed by atoms with Crippen LogP contribution >= 0.6 is 11.8 Å². The molecule has 17 heavy (non-hydrogen) atoms. The molecule has 0 aliphatic carbocycles. The molecule has 0 spiro atoms. The van der Waals surface area contributed by atoms with Crippen LogP contribution in [0.1, 0.15) is 12.7 Å². The molecule has 0 atom stereocenters. The van der Waals surface area contributed by atoms with Crippen LogP contribution in [-0.2, 0) is 13.5 Å². The van der Waals surface area contributed by atoms with E-state index in [9.17, 15) is 0 Å². The molecule has 0 bridgehead atoms. The Kier molecular flexibility index (Phi) is 3.60. The first-order chi connectivity index (χ1) is 8.22. The molecule has 0 fully saturated rings. The van der Waals surface area contributed by atoms with Crippen molar-refractivity contribution in [3.8, 4) is 0 Å². The summed E-state index contributed by atoms with van der Waals surface area (Å²) in [7, 11) is 1.94. The fraction of sp³-hybridized carbons (Fsp3) is 0.300. The lowest BCUT2D eigenvalue weighted by Gasteiger charge is -2.06. The molecule has 6 nitrogen and oxygen atoms in total. The van der Waals surface area contributed by atoms with Crippen molar-refractivity contribution in [1.82, 2.24) is 19.5 Å². The number of nitrogen functional groups attached to an aromatic ring is 1. The van der Waals surface area contributed by atoms with Crippen molar-refractivity contribution < 1.29 is 0 Å². The van der Waals surface area contributed by atoms with Crippen LogP contribution in [0.4, 0.5) is 5.82 Å². The maximum absolute atomic E-state index is 5.38. The molecular formula is C10H14N6S. The number of rotatable bonds is 4. The summed E-state index contributed by atoms with van der Waals surface area (Å²) in [5.41, 5.74) is 2.54. The molecule has 7 heteroatoms. The molecule has 0 saturated carbocycles. The number of hydrogen-bond acceptors (Lipinski definition) is 6. The molecule has 0 radical (unpaired) electrons. The lowest BCUT2D eigenvalue weighted by atomic mass is 10.4. The van der Waals surface area contributed by atoms with Crippen LogP contribution in [0, 0.1) is 0 Å². The van der Waals surface area contributed by atoms with Gasteiger partial charge in [0.25, 0.3) is 0 Å². The fourth-order valence-electron chi connectivity index (χ4n) is 1.30. The van der Waals surface area contributed by atoms with E-state index in [4.69, 9.17) is 5.84 Å².